The molecule has 2 aromatic carbocycles. The summed E-state index contributed by atoms with van der Waals surface area (Å²) < 4.78 is 0. The van der Waals surface area contributed by atoms with Gasteiger partial charge in [-0.25, -0.2) is 5.43 Å². The van der Waals surface area contributed by atoms with Crippen molar-refractivity contribution in [3.8, 4) is 22.1 Å². The monoisotopic (exact) mass is 383 g/mol. The Morgan fingerprint density at radius 1 is 1.04 bits per heavy atom. The van der Waals surface area contributed by atoms with Crippen LogP contribution in [0.1, 0.15) is 5.56 Å². The fourth-order valence-electron chi connectivity index (χ4n) is 1.98. The van der Waals surface area contributed by atoms with E-state index in [0.29, 0.717) is 5.01 Å². The zero-order valence-corrected chi connectivity index (χ0v) is 14.5. The van der Waals surface area contributed by atoms with E-state index in [1.807, 2.05) is 35.8 Å². The van der Waals surface area contributed by atoms with Crippen LogP contribution in [0.2, 0.25) is 0 Å². The van der Waals surface area contributed by atoms with Gasteiger partial charge in [0.1, 0.15) is 16.5 Å². The largest absolute Gasteiger partial charge is 0.508 e. The first-order valence-electron chi connectivity index (χ1n) is 7.58. The second-order valence-corrected chi connectivity index (χ2v) is 6.15. The number of hydrazone groups is 1. The first-order chi connectivity index (χ1) is 13.0. The van der Waals surface area contributed by atoms with Crippen LogP contribution in [0.25, 0.3) is 10.6 Å². The molecule has 0 saturated carbocycles. The first kappa shape index (κ1) is 18.0. The Balaban J connectivity index is 1.57. The number of nitrogens with one attached hydrogen (secondary N) is 2. The summed E-state index contributed by atoms with van der Waals surface area (Å²) in [4.78, 5) is 23.6. The minimum Gasteiger partial charge on any atom is -0.508 e. The van der Waals surface area contributed by atoms with Gasteiger partial charge >= 0.3 is 11.8 Å². The number of rotatable bonds is 4. The van der Waals surface area contributed by atoms with E-state index in [1.165, 1.54) is 12.1 Å². The van der Waals surface area contributed by atoms with Crippen LogP contribution in [-0.4, -0.2) is 38.4 Å². The third kappa shape index (κ3) is 4.64. The Hall–Kier alpha value is -3.79. The third-order valence-electron chi connectivity index (χ3n) is 3.26. The van der Waals surface area contributed by atoms with Gasteiger partial charge in [-0.2, -0.15) is 5.10 Å². The highest BCUT2D eigenvalue weighted by Crippen LogP contribution is 2.25. The van der Waals surface area contributed by atoms with E-state index in [4.69, 9.17) is 0 Å². The summed E-state index contributed by atoms with van der Waals surface area (Å²) in [7, 11) is 0. The molecule has 0 spiro atoms. The molecule has 136 valence electrons. The minimum absolute atomic E-state index is 0.111. The lowest BCUT2D eigenvalue weighted by atomic mass is 10.2. The summed E-state index contributed by atoms with van der Waals surface area (Å²) >= 11 is 1.13. The Labute approximate surface area is 157 Å². The van der Waals surface area contributed by atoms with Gasteiger partial charge < -0.3 is 10.2 Å². The van der Waals surface area contributed by atoms with Gasteiger partial charge in [0.25, 0.3) is 0 Å². The Bertz CT molecular complexity index is 1000. The minimum atomic E-state index is -1.01. The van der Waals surface area contributed by atoms with Gasteiger partial charge in [-0.05, 0) is 12.1 Å². The van der Waals surface area contributed by atoms with Gasteiger partial charge in [0.05, 0.1) is 6.21 Å². The molecule has 10 heteroatoms. The van der Waals surface area contributed by atoms with E-state index in [0.717, 1.165) is 29.2 Å². The standard InChI is InChI=1S/C17H13N5O4S/c23-12-7-6-11(13(24)8-12)9-18-20-15(26)14(25)19-17-22-21-16(27-17)10-4-2-1-3-5-10/h1-9,23-24H,(H,20,26)(H,19,22,25). The third-order valence-corrected chi connectivity index (χ3v) is 4.14. The smallest absolute Gasteiger partial charge is 0.329 e. The van der Waals surface area contributed by atoms with Crippen LogP contribution < -0.4 is 10.7 Å². The summed E-state index contributed by atoms with van der Waals surface area (Å²) in [5, 5.41) is 33.3. The van der Waals surface area contributed by atoms with Crippen LogP contribution >= 0.6 is 11.3 Å². The van der Waals surface area contributed by atoms with Crippen molar-refractivity contribution in [3.05, 3.63) is 54.1 Å². The van der Waals surface area contributed by atoms with E-state index < -0.39 is 11.8 Å². The molecule has 0 radical (unpaired) electrons. The number of aromatic nitrogens is 2. The molecule has 4 N–H and O–H groups in total. The number of hydrogen-bond acceptors (Lipinski definition) is 8. The Morgan fingerprint density at radius 2 is 1.81 bits per heavy atom. The number of carbonyl (C=O) groups is 2. The number of nitrogens with zero attached hydrogens (tertiary/aromatic N) is 3. The van der Waals surface area contributed by atoms with Crippen LogP contribution in [-0.2, 0) is 9.59 Å². The van der Waals surface area contributed by atoms with Crippen molar-refractivity contribution in [2.75, 3.05) is 5.32 Å². The number of aromatic hydroxyl groups is 2. The van der Waals surface area contributed by atoms with Crippen molar-refractivity contribution in [1.82, 2.24) is 15.6 Å². The molecule has 0 bridgehead atoms. The van der Waals surface area contributed by atoms with Crippen LogP contribution in [0.15, 0.2) is 53.6 Å². The zero-order valence-electron chi connectivity index (χ0n) is 13.7. The number of carbonyl (C=O) groups excluding carboxylic acids is 2. The molecule has 0 aliphatic carbocycles. The number of hydrogen-bond donors (Lipinski definition) is 4. The molecule has 0 atom stereocenters. The highest BCUT2D eigenvalue weighted by atomic mass is 32.1. The van der Waals surface area contributed by atoms with Gasteiger partial charge in [-0.15, -0.1) is 10.2 Å². The first-order valence-corrected chi connectivity index (χ1v) is 8.40. The maximum absolute atomic E-state index is 11.9. The molecule has 1 aromatic heterocycles. The lowest BCUT2D eigenvalue weighted by Gasteiger charge is -2.00. The molecular weight excluding hydrogens is 370 g/mol. The molecule has 0 unspecified atom stereocenters. The molecule has 3 aromatic rings. The number of phenolic OH excluding ortho intramolecular Hbond substituents is 2. The fraction of sp³-hybridized carbons (Fsp3) is 0. The lowest BCUT2D eigenvalue weighted by molar-refractivity contribution is -0.136. The molecule has 2 amide bonds. The Kier molecular flexibility index (Phi) is 5.38. The maximum atomic E-state index is 11.9. The average Bonchev–Trinajstić information content (AvgIpc) is 3.12. The van der Waals surface area contributed by atoms with E-state index in [1.54, 1.807) is 0 Å². The number of anilines is 1. The number of amides is 2. The van der Waals surface area contributed by atoms with Crippen LogP contribution in [0.3, 0.4) is 0 Å². The van der Waals surface area contributed by atoms with Crippen molar-refractivity contribution in [1.29, 1.82) is 0 Å². The normalized spacial score (nSPS) is 10.7. The summed E-state index contributed by atoms with van der Waals surface area (Å²) in [5.74, 6) is -2.31. The van der Waals surface area contributed by atoms with Gasteiger partial charge in [0.2, 0.25) is 5.13 Å². The molecule has 0 aliphatic heterocycles. The summed E-state index contributed by atoms with van der Waals surface area (Å²) in [5.41, 5.74) is 3.13. The van der Waals surface area contributed by atoms with Gasteiger partial charge in [0.15, 0.2) is 0 Å². The predicted octanol–water partition coefficient (Wildman–Crippen LogP) is 1.71. The summed E-state index contributed by atoms with van der Waals surface area (Å²) in [6.07, 6.45) is 1.14. The van der Waals surface area contributed by atoms with Gasteiger partial charge in [-0.3, -0.25) is 14.9 Å². The molecule has 27 heavy (non-hydrogen) atoms. The second kappa shape index (κ2) is 8.06. The molecule has 9 nitrogen and oxygen atoms in total. The van der Waals surface area contributed by atoms with Gasteiger partial charge in [0, 0.05) is 17.2 Å². The topological polar surface area (TPSA) is 137 Å². The highest BCUT2D eigenvalue weighted by molar-refractivity contribution is 7.18. The van der Waals surface area contributed by atoms with Crippen molar-refractivity contribution in [2.45, 2.75) is 0 Å². The molecular formula is C17H13N5O4S. The molecule has 0 fully saturated rings. The molecule has 1 heterocycles. The summed E-state index contributed by atoms with van der Waals surface area (Å²) in [6, 6.07) is 13.1. The van der Waals surface area contributed by atoms with E-state index in [2.05, 4.69) is 20.6 Å². The number of benzene rings is 2. The quantitative estimate of drug-likeness (QED) is 0.307. The predicted molar refractivity (Wildman–Crippen MR) is 99.5 cm³/mol. The fourth-order valence-corrected chi connectivity index (χ4v) is 2.72. The highest BCUT2D eigenvalue weighted by Gasteiger charge is 2.16. The second-order valence-electron chi connectivity index (χ2n) is 5.17. The van der Waals surface area contributed by atoms with E-state index in [-0.39, 0.29) is 22.2 Å². The van der Waals surface area contributed by atoms with Crippen molar-refractivity contribution in [2.24, 2.45) is 5.10 Å². The van der Waals surface area contributed by atoms with Crippen molar-refractivity contribution in [3.63, 3.8) is 0 Å². The van der Waals surface area contributed by atoms with Gasteiger partial charge in [-0.1, -0.05) is 41.7 Å². The lowest BCUT2D eigenvalue weighted by Crippen LogP contribution is -2.32. The van der Waals surface area contributed by atoms with E-state index in [9.17, 15) is 19.8 Å². The van der Waals surface area contributed by atoms with Crippen LogP contribution in [0.5, 0.6) is 11.5 Å². The summed E-state index contributed by atoms with van der Waals surface area (Å²) in [6.45, 7) is 0. The number of phenols is 2. The average molecular weight is 383 g/mol. The van der Waals surface area contributed by atoms with Crippen LogP contribution in [0.4, 0.5) is 5.13 Å². The SMILES string of the molecule is O=C(NN=Cc1ccc(O)cc1O)C(=O)Nc1nnc(-c2ccccc2)s1. The Morgan fingerprint density at radius 3 is 2.56 bits per heavy atom. The molecule has 0 aliphatic rings. The van der Waals surface area contributed by atoms with E-state index >= 15 is 0 Å². The molecule has 0 saturated heterocycles. The molecule has 3 rings (SSSR count). The van der Waals surface area contributed by atoms with Crippen LogP contribution in [0, 0.1) is 0 Å². The van der Waals surface area contributed by atoms with Crippen molar-refractivity contribution < 1.29 is 19.8 Å². The zero-order chi connectivity index (χ0) is 19.2. The van der Waals surface area contributed by atoms with Crippen molar-refractivity contribution >= 4 is 34.5 Å². The maximum Gasteiger partial charge on any atom is 0.329 e.